The van der Waals surface area contributed by atoms with Gasteiger partial charge >= 0.3 is 0 Å². The number of thiazole rings is 1. The van der Waals surface area contributed by atoms with E-state index in [1.54, 1.807) is 35.7 Å². The van der Waals surface area contributed by atoms with Crippen molar-refractivity contribution in [3.63, 3.8) is 0 Å². The first kappa shape index (κ1) is 15.7. The fourth-order valence-electron chi connectivity index (χ4n) is 1.96. The lowest BCUT2D eigenvalue weighted by Gasteiger charge is -2.06. The highest BCUT2D eigenvalue weighted by Gasteiger charge is 2.07. The van der Waals surface area contributed by atoms with Crippen LogP contribution in [0.5, 0.6) is 0 Å². The Balaban J connectivity index is 1.57. The molecule has 0 aliphatic rings. The molecule has 0 saturated heterocycles. The molecule has 2 aromatic carbocycles. The molecule has 6 heteroatoms. The van der Waals surface area contributed by atoms with E-state index < -0.39 is 0 Å². The van der Waals surface area contributed by atoms with Crippen molar-refractivity contribution in [3.8, 4) is 10.6 Å². The van der Waals surface area contributed by atoms with Gasteiger partial charge in [0.05, 0.1) is 5.75 Å². The minimum absolute atomic E-state index is 0.162. The van der Waals surface area contributed by atoms with Gasteiger partial charge in [0.15, 0.2) is 0 Å². The molecule has 3 rings (SSSR count). The summed E-state index contributed by atoms with van der Waals surface area (Å²) < 4.78 is 13.5. The Morgan fingerprint density at radius 3 is 2.65 bits per heavy atom. The first-order chi connectivity index (χ1) is 11.2. The molecule has 0 unspecified atom stereocenters. The third kappa shape index (κ3) is 4.18. The molecule has 0 bridgehead atoms. The van der Waals surface area contributed by atoms with E-state index in [4.69, 9.17) is 0 Å². The Hall–Kier alpha value is -2.18. The topological polar surface area (TPSA) is 42.0 Å². The number of thioether (sulfide) groups is 1. The molecule has 0 spiro atoms. The number of nitrogens with zero attached hydrogens (tertiary/aromatic N) is 1. The number of amides is 1. The zero-order chi connectivity index (χ0) is 16.1. The predicted molar refractivity (Wildman–Crippen MR) is 93.3 cm³/mol. The van der Waals surface area contributed by atoms with Gasteiger partial charge in [-0.2, -0.15) is 0 Å². The van der Waals surface area contributed by atoms with Crippen LogP contribution in [0.3, 0.4) is 0 Å². The summed E-state index contributed by atoms with van der Waals surface area (Å²) in [4.78, 5) is 16.7. The van der Waals surface area contributed by atoms with Crippen LogP contribution < -0.4 is 5.32 Å². The highest BCUT2D eigenvalue weighted by molar-refractivity contribution is 8.00. The van der Waals surface area contributed by atoms with Crippen LogP contribution >= 0.6 is 23.1 Å². The molecule has 1 amide bonds. The van der Waals surface area contributed by atoms with E-state index >= 15 is 0 Å². The van der Waals surface area contributed by atoms with E-state index in [2.05, 4.69) is 10.3 Å². The molecule has 3 aromatic rings. The number of halogens is 1. The van der Waals surface area contributed by atoms with Crippen LogP contribution in [0.15, 0.2) is 65.0 Å². The van der Waals surface area contributed by atoms with Crippen molar-refractivity contribution in [2.24, 2.45) is 0 Å². The fraction of sp³-hybridized carbons (Fsp3) is 0.0588. The normalized spacial score (nSPS) is 10.5. The monoisotopic (exact) mass is 344 g/mol. The lowest BCUT2D eigenvalue weighted by molar-refractivity contribution is -0.113. The van der Waals surface area contributed by atoms with E-state index in [9.17, 15) is 9.18 Å². The van der Waals surface area contributed by atoms with E-state index in [1.807, 2.05) is 29.6 Å². The third-order valence-corrected chi connectivity index (χ3v) is 4.91. The molecule has 1 aromatic heterocycles. The number of hydrogen-bond donors (Lipinski definition) is 1. The van der Waals surface area contributed by atoms with Gasteiger partial charge in [0.1, 0.15) is 10.8 Å². The first-order valence-electron chi connectivity index (χ1n) is 6.89. The molecule has 0 saturated carbocycles. The average Bonchev–Trinajstić information content (AvgIpc) is 3.09. The molecule has 116 valence electrons. The molecule has 1 N–H and O–H groups in total. The standard InChI is InChI=1S/C17H13FN2OS2/c18-14-3-1-2-4-15(14)23-11-16(21)20-13-7-5-12(6-8-13)17-19-9-10-22-17/h1-10H,11H2,(H,20,21). The Bertz CT molecular complexity index is 789. The van der Waals surface area contributed by atoms with Crippen LogP contribution in [-0.4, -0.2) is 16.6 Å². The SMILES string of the molecule is O=C(CSc1ccccc1F)Nc1ccc(-c2nccs2)cc1. The summed E-state index contributed by atoms with van der Waals surface area (Å²) in [5.41, 5.74) is 1.73. The summed E-state index contributed by atoms with van der Waals surface area (Å²) in [5.74, 6) is -0.312. The summed E-state index contributed by atoms with van der Waals surface area (Å²) in [6, 6.07) is 13.9. The van der Waals surface area contributed by atoms with Crippen LogP contribution in [0.2, 0.25) is 0 Å². The maximum Gasteiger partial charge on any atom is 0.234 e. The molecular weight excluding hydrogens is 331 g/mol. The molecule has 0 radical (unpaired) electrons. The number of anilines is 1. The lowest BCUT2D eigenvalue weighted by Crippen LogP contribution is -2.13. The van der Waals surface area contributed by atoms with Crippen molar-refractivity contribution in [1.82, 2.24) is 4.98 Å². The van der Waals surface area contributed by atoms with Crippen molar-refractivity contribution < 1.29 is 9.18 Å². The van der Waals surface area contributed by atoms with Gasteiger partial charge in [0.25, 0.3) is 0 Å². The molecule has 0 aliphatic carbocycles. The third-order valence-electron chi connectivity index (χ3n) is 3.04. The Labute approximate surface area is 141 Å². The Kier molecular flexibility index (Phi) is 5.05. The molecule has 1 heterocycles. The van der Waals surface area contributed by atoms with Gasteiger partial charge in [-0.05, 0) is 36.4 Å². The number of carbonyl (C=O) groups excluding carboxylic acids is 1. The van der Waals surface area contributed by atoms with E-state index in [1.165, 1.54) is 17.8 Å². The zero-order valence-electron chi connectivity index (χ0n) is 12.0. The molecule has 0 fully saturated rings. The summed E-state index contributed by atoms with van der Waals surface area (Å²) in [6.45, 7) is 0. The van der Waals surface area contributed by atoms with Gasteiger partial charge < -0.3 is 5.32 Å². The van der Waals surface area contributed by atoms with E-state index in [0.29, 0.717) is 10.6 Å². The molecule has 23 heavy (non-hydrogen) atoms. The highest BCUT2D eigenvalue weighted by Crippen LogP contribution is 2.24. The number of rotatable bonds is 5. The maximum atomic E-state index is 13.5. The molecule has 0 atom stereocenters. The van der Waals surface area contributed by atoms with E-state index in [0.717, 1.165) is 10.6 Å². The molecule has 3 nitrogen and oxygen atoms in total. The van der Waals surface area contributed by atoms with E-state index in [-0.39, 0.29) is 17.5 Å². The second-order valence-corrected chi connectivity index (χ2v) is 6.59. The van der Waals surface area contributed by atoms with Crippen molar-refractivity contribution >= 4 is 34.7 Å². The maximum absolute atomic E-state index is 13.5. The second kappa shape index (κ2) is 7.39. The number of hydrogen-bond acceptors (Lipinski definition) is 4. The summed E-state index contributed by atoms with van der Waals surface area (Å²) >= 11 is 2.75. The predicted octanol–water partition coefficient (Wildman–Crippen LogP) is 4.68. The minimum atomic E-state index is -0.307. The summed E-state index contributed by atoms with van der Waals surface area (Å²) in [5, 5.41) is 5.67. The number of carbonyl (C=O) groups is 1. The van der Waals surface area contributed by atoms with Crippen LogP contribution in [0.1, 0.15) is 0 Å². The van der Waals surface area contributed by atoms with Crippen LogP contribution in [0, 0.1) is 5.82 Å². The second-order valence-electron chi connectivity index (χ2n) is 4.68. The van der Waals surface area contributed by atoms with Crippen molar-refractivity contribution in [2.45, 2.75) is 4.90 Å². The smallest absolute Gasteiger partial charge is 0.234 e. The number of aromatic nitrogens is 1. The minimum Gasteiger partial charge on any atom is -0.325 e. The quantitative estimate of drug-likeness (QED) is 0.683. The molecule has 0 aliphatic heterocycles. The van der Waals surface area contributed by atoms with Crippen LogP contribution in [0.4, 0.5) is 10.1 Å². The van der Waals surface area contributed by atoms with Gasteiger partial charge in [-0.3, -0.25) is 4.79 Å². The van der Waals surface area contributed by atoms with Crippen molar-refractivity contribution in [1.29, 1.82) is 0 Å². The van der Waals surface area contributed by atoms with Crippen LogP contribution in [0.25, 0.3) is 10.6 Å². The zero-order valence-corrected chi connectivity index (χ0v) is 13.7. The Morgan fingerprint density at radius 2 is 1.96 bits per heavy atom. The van der Waals surface area contributed by atoms with Crippen molar-refractivity contribution in [3.05, 3.63) is 65.9 Å². The number of nitrogens with one attached hydrogen (secondary N) is 1. The Morgan fingerprint density at radius 1 is 1.17 bits per heavy atom. The fourth-order valence-corrected chi connectivity index (χ4v) is 3.35. The van der Waals surface area contributed by atoms with Crippen LogP contribution in [-0.2, 0) is 4.79 Å². The molecular formula is C17H13FN2OS2. The summed E-state index contributed by atoms with van der Waals surface area (Å²) in [7, 11) is 0. The summed E-state index contributed by atoms with van der Waals surface area (Å²) in [6.07, 6.45) is 1.76. The highest BCUT2D eigenvalue weighted by atomic mass is 32.2. The van der Waals surface area contributed by atoms with Gasteiger partial charge in [-0.1, -0.05) is 12.1 Å². The lowest BCUT2D eigenvalue weighted by atomic mass is 10.2. The average molecular weight is 344 g/mol. The van der Waals surface area contributed by atoms with Gasteiger partial charge in [-0.15, -0.1) is 23.1 Å². The van der Waals surface area contributed by atoms with Crippen molar-refractivity contribution in [2.75, 3.05) is 11.1 Å². The largest absolute Gasteiger partial charge is 0.325 e. The van der Waals surface area contributed by atoms with Gasteiger partial charge in [0, 0.05) is 27.7 Å². The van der Waals surface area contributed by atoms with Gasteiger partial charge in [-0.25, -0.2) is 9.37 Å². The van der Waals surface area contributed by atoms with Gasteiger partial charge in [0.2, 0.25) is 5.91 Å². The number of benzene rings is 2. The first-order valence-corrected chi connectivity index (χ1v) is 8.76.